The maximum Gasteiger partial charge on any atom is 0.224 e. The number of nitrogens with one attached hydrogen (secondary N) is 2. The number of anilines is 1. The average molecular weight is 336 g/mol. The summed E-state index contributed by atoms with van der Waals surface area (Å²) in [6, 6.07) is 9.62. The Hall–Kier alpha value is -3.55. The molecule has 0 aliphatic rings. The molecule has 0 aliphatic heterocycles. The van der Waals surface area contributed by atoms with E-state index in [4.69, 9.17) is 4.74 Å². The highest BCUT2D eigenvalue weighted by Crippen LogP contribution is 2.25. The minimum absolute atomic E-state index is 0.364. The zero-order valence-electron chi connectivity index (χ0n) is 13.0. The Morgan fingerprint density at radius 1 is 1.12 bits per heavy atom. The third-order valence-electron chi connectivity index (χ3n) is 3.55. The SMILES string of the molecule is Fc1cccc(Oc2ncccc2CNc2ncnc3[nH]ncc23)c1. The average Bonchev–Trinajstić information content (AvgIpc) is 3.10. The Morgan fingerprint density at radius 2 is 2.08 bits per heavy atom. The number of fused-ring (bicyclic) bond motifs is 1. The standard InChI is InChI=1S/C17H13FN6O/c18-12-4-1-5-13(7-12)25-17-11(3-2-6-19-17)8-20-15-14-9-23-24-16(14)22-10-21-15/h1-7,9-10H,8H2,(H2,20,21,22,23,24). The second-order valence-electron chi connectivity index (χ2n) is 5.24. The molecule has 8 heteroatoms. The highest BCUT2D eigenvalue weighted by Gasteiger charge is 2.09. The van der Waals surface area contributed by atoms with Crippen molar-refractivity contribution in [2.45, 2.75) is 6.54 Å². The molecule has 2 N–H and O–H groups in total. The fourth-order valence-electron chi connectivity index (χ4n) is 2.38. The third-order valence-corrected chi connectivity index (χ3v) is 3.55. The van der Waals surface area contributed by atoms with Crippen molar-refractivity contribution in [2.75, 3.05) is 5.32 Å². The maximum absolute atomic E-state index is 13.3. The normalized spacial score (nSPS) is 10.8. The van der Waals surface area contributed by atoms with Crippen LogP contribution in [0.5, 0.6) is 11.6 Å². The van der Waals surface area contributed by atoms with Gasteiger partial charge in [-0.2, -0.15) is 5.10 Å². The highest BCUT2D eigenvalue weighted by molar-refractivity contribution is 5.85. The first-order valence-electron chi connectivity index (χ1n) is 7.55. The monoisotopic (exact) mass is 336 g/mol. The lowest BCUT2D eigenvalue weighted by Gasteiger charge is -2.11. The van der Waals surface area contributed by atoms with E-state index in [1.54, 1.807) is 24.5 Å². The van der Waals surface area contributed by atoms with Crippen LogP contribution in [0.15, 0.2) is 55.1 Å². The Kier molecular flexibility index (Phi) is 3.91. The Morgan fingerprint density at radius 3 is 3.00 bits per heavy atom. The van der Waals surface area contributed by atoms with E-state index in [1.807, 2.05) is 12.1 Å². The lowest BCUT2D eigenvalue weighted by Crippen LogP contribution is -2.04. The van der Waals surface area contributed by atoms with Gasteiger partial charge in [0, 0.05) is 24.4 Å². The smallest absolute Gasteiger partial charge is 0.224 e. The predicted molar refractivity (Wildman–Crippen MR) is 89.7 cm³/mol. The van der Waals surface area contributed by atoms with Crippen LogP contribution < -0.4 is 10.1 Å². The summed E-state index contributed by atoms with van der Waals surface area (Å²) in [6.07, 6.45) is 4.73. The molecule has 3 heterocycles. The first-order chi connectivity index (χ1) is 12.3. The van der Waals surface area contributed by atoms with Crippen LogP contribution in [0.1, 0.15) is 5.56 Å². The second kappa shape index (κ2) is 6.52. The predicted octanol–water partition coefficient (Wildman–Crippen LogP) is 3.29. The molecule has 1 aromatic carbocycles. The minimum atomic E-state index is -0.364. The van der Waals surface area contributed by atoms with Crippen molar-refractivity contribution in [2.24, 2.45) is 0 Å². The molecule has 25 heavy (non-hydrogen) atoms. The number of rotatable bonds is 5. The summed E-state index contributed by atoms with van der Waals surface area (Å²) in [6.45, 7) is 0.426. The van der Waals surface area contributed by atoms with Crippen LogP contribution in [0.25, 0.3) is 11.0 Å². The van der Waals surface area contributed by atoms with E-state index in [-0.39, 0.29) is 5.82 Å². The molecular formula is C17H13FN6O. The lowest BCUT2D eigenvalue weighted by molar-refractivity contribution is 0.452. The van der Waals surface area contributed by atoms with Crippen molar-refractivity contribution in [3.8, 4) is 11.6 Å². The summed E-state index contributed by atoms with van der Waals surface area (Å²) < 4.78 is 19.0. The van der Waals surface area contributed by atoms with E-state index in [1.165, 1.54) is 18.5 Å². The first-order valence-corrected chi connectivity index (χ1v) is 7.55. The molecule has 0 radical (unpaired) electrons. The van der Waals surface area contributed by atoms with Gasteiger partial charge in [0.2, 0.25) is 5.88 Å². The van der Waals surface area contributed by atoms with Gasteiger partial charge >= 0.3 is 0 Å². The molecule has 0 amide bonds. The van der Waals surface area contributed by atoms with Gasteiger partial charge < -0.3 is 10.1 Å². The zero-order valence-corrected chi connectivity index (χ0v) is 13.0. The molecule has 3 aromatic heterocycles. The fraction of sp³-hybridized carbons (Fsp3) is 0.0588. The van der Waals surface area contributed by atoms with Gasteiger partial charge in [-0.15, -0.1) is 0 Å². The molecule has 0 atom stereocenters. The number of hydrogen-bond acceptors (Lipinski definition) is 6. The van der Waals surface area contributed by atoms with Gasteiger partial charge in [0.15, 0.2) is 5.65 Å². The van der Waals surface area contributed by atoms with Crippen LogP contribution >= 0.6 is 0 Å². The first kappa shape index (κ1) is 15.0. The quantitative estimate of drug-likeness (QED) is 0.581. The van der Waals surface area contributed by atoms with Gasteiger partial charge in [-0.05, 0) is 18.2 Å². The van der Waals surface area contributed by atoms with Crippen molar-refractivity contribution in [1.29, 1.82) is 0 Å². The van der Waals surface area contributed by atoms with E-state index in [9.17, 15) is 4.39 Å². The van der Waals surface area contributed by atoms with Crippen LogP contribution in [-0.4, -0.2) is 25.1 Å². The van der Waals surface area contributed by atoms with Crippen LogP contribution in [0.3, 0.4) is 0 Å². The summed E-state index contributed by atoms with van der Waals surface area (Å²) >= 11 is 0. The molecule has 4 rings (SSSR count). The largest absolute Gasteiger partial charge is 0.439 e. The number of aromatic amines is 1. The van der Waals surface area contributed by atoms with Crippen molar-refractivity contribution in [3.63, 3.8) is 0 Å². The summed E-state index contributed by atoms with van der Waals surface area (Å²) in [5, 5.41) is 10.8. The third kappa shape index (κ3) is 3.23. The Labute approximate surface area is 141 Å². The van der Waals surface area contributed by atoms with Crippen molar-refractivity contribution in [1.82, 2.24) is 25.1 Å². The van der Waals surface area contributed by atoms with Crippen LogP contribution in [0.2, 0.25) is 0 Å². The molecule has 0 unspecified atom stereocenters. The van der Waals surface area contributed by atoms with Crippen LogP contribution in [0.4, 0.5) is 10.2 Å². The number of ether oxygens (including phenoxy) is 1. The lowest BCUT2D eigenvalue weighted by atomic mass is 10.2. The Bertz CT molecular complexity index is 1020. The number of pyridine rings is 1. The van der Waals surface area contributed by atoms with Crippen LogP contribution in [-0.2, 0) is 6.54 Å². The van der Waals surface area contributed by atoms with Crippen molar-refractivity contribution >= 4 is 16.9 Å². The van der Waals surface area contributed by atoms with Gasteiger partial charge in [0.05, 0.1) is 11.6 Å². The van der Waals surface area contributed by atoms with Crippen molar-refractivity contribution in [3.05, 3.63) is 66.5 Å². The van der Waals surface area contributed by atoms with Gasteiger partial charge in [0.25, 0.3) is 0 Å². The van der Waals surface area contributed by atoms with E-state index >= 15 is 0 Å². The summed E-state index contributed by atoms with van der Waals surface area (Å²) in [4.78, 5) is 12.6. The van der Waals surface area contributed by atoms with E-state index < -0.39 is 0 Å². The molecule has 0 fully saturated rings. The molecule has 0 saturated carbocycles. The maximum atomic E-state index is 13.3. The number of halogens is 1. The van der Waals surface area contributed by atoms with E-state index in [0.717, 1.165) is 10.9 Å². The molecule has 7 nitrogen and oxygen atoms in total. The number of benzene rings is 1. The van der Waals surface area contributed by atoms with E-state index in [2.05, 4.69) is 30.5 Å². The highest BCUT2D eigenvalue weighted by atomic mass is 19.1. The summed E-state index contributed by atoms with van der Waals surface area (Å²) in [5.74, 6) is 1.08. The molecular weight excluding hydrogens is 323 g/mol. The second-order valence-corrected chi connectivity index (χ2v) is 5.24. The number of hydrogen-bond donors (Lipinski definition) is 2. The topological polar surface area (TPSA) is 88.6 Å². The van der Waals surface area contributed by atoms with Crippen molar-refractivity contribution < 1.29 is 9.13 Å². The number of aromatic nitrogens is 5. The number of nitrogens with zero attached hydrogens (tertiary/aromatic N) is 4. The molecule has 0 bridgehead atoms. The van der Waals surface area contributed by atoms with Crippen LogP contribution in [0, 0.1) is 5.82 Å². The fourth-order valence-corrected chi connectivity index (χ4v) is 2.38. The molecule has 0 aliphatic carbocycles. The van der Waals surface area contributed by atoms with Gasteiger partial charge in [-0.1, -0.05) is 12.1 Å². The number of H-pyrrole nitrogens is 1. The van der Waals surface area contributed by atoms with Gasteiger partial charge in [0.1, 0.15) is 23.7 Å². The summed E-state index contributed by atoms with van der Waals surface area (Å²) in [5.41, 5.74) is 1.46. The minimum Gasteiger partial charge on any atom is -0.439 e. The molecule has 0 spiro atoms. The molecule has 124 valence electrons. The van der Waals surface area contributed by atoms with E-state index in [0.29, 0.717) is 29.6 Å². The molecule has 0 saturated heterocycles. The molecule has 4 aromatic rings. The Balaban J connectivity index is 1.56. The van der Waals surface area contributed by atoms with Gasteiger partial charge in [-0.3, -0.25) is 5.10 Å². The zero-order chi connectivity index (χ0) is 17.1. The van der Waals surface area contributed by atoms with Gasteiger partial charge in [-0.25, -0.2) is 19.3 Å². The summed E-state index contributed by atoms with van der Waals surface area (Å²) in [7, 11) is 0.